The van der Waals surface area contributed by atoms with Crippen LogP contribution in [0, 0.1) is 0 Å². The molecule has 5 nitrogen and oxygen atoms in total. The minimum Gasteiger partial charge on any atom is -0.379 e. The van der Waals surface area contributed by atoms with Crippen LogP contribution in [-0.2, 0) is 4.74 Å². The summed E-state index contributed by atoms with van der Waals surface area (Å²) in [5.74, 6) is 0.352. The van der Waals surface area contributed by atoms with Gasteiger partial charge in [-0.3, -0.25) is 4.79 Å². The molecular formula is C11H14ClN3O2. The van der Waals surface area contributed by atoms with Gasteiger partial charge in [0.15, 0.2) is 0 Å². The van der Waals surface area contributed by atoms with Crippen molar-refractivity contribution in [1.29, 1.82) is 0 Å². The zero-order valence-corrected chi connectivity index (χ0v) is 10.3. The van der Waals surface area contributed by atoms with E-state index in [0.29, 0.717) is 24.1 Å². The van der Waals surface area contributed by atoms with Crippen molar-refractivity contribution >= 4 is 23.3 Å². The number of carbonyl (C=O) groups is 1. The fourth-order valence-corrected chi connectivity index (χ4v) is 1.83. The van der Waals surface area contributed by atoms with Crippen LogP contribution in [0.4, 0.5) is 5.82 Å². The Kier molecular flexibility index (Phi) is 3.81. The van der Waals surface area contributed by atoms with E-state index in [1.54, 1.807) is 19.2 Å². The highest BCUT2D eigenvalue weighted by Gasteiger charge is 2.21. The zero-order chi connectivity index (χ0) is 12.3. The van der Waals surface area contributed by atoms with Crippen LogP contribution in [0.3, 0.4) is 0 Å². The average molecular weight is 256 g/mol. The monoisotopic (exact) mass is 255 g/mol. The molecule has 1 unspecified atom stereocenters. The average Bonchev–Trinajstić information content (AvgIpc) is 2.82. The summed E-state index contributed by atoms with van der Waals surface area (Å²) in [4.78, 5) is 16.1. The molecule has 0 bridgehead atoms. The molecule has 2 heterocycles. The number of ether oxygens (including phenoxy) is 1. The molecule has 0 aliphatic carbocycles. The lowest BCUT2D eigenvalue weighted by molar-refractivity contribution is 0.0925. The summed E-state index contributed by atoms with van der Waals surface area (Å²) in [6, 6.07) is 3.43. The first-order valence-electron chi connectivity index (χ1n) is 5.43. The summed E-state index contributed by atoms with van der Waals surface area (Å²) >= 11 is 5.95. The van der Waals surface area contributed by atoms with Crippen molar-refractivity contribution in [3.63, 3.8) is 0 Å². The third-order valence-corrected chi connectivity index (χ3v) is 2.89. The van der Waals surface area contributed by atoms with Crippen LogP contribution in [0.5, 0.6) is 0 Å². The molecule has 1 atom stereocenters. The van der Waals surface area contributed by atoms with E-state index in [9.17, 15) is 4.79 Å². The van der Waals surface area contributed by atoms with Gasteiger partial charge in [-0.25, -0.2) is 4.98 Å². The summed E-state index contributed by atoms with van der Waals surface area (Å²) < 4.78 is 5.19. The minimum absolute atomic E-state index is 0.0543. The number of anilines is 1. The summed E-state index contributed by atoms with van der Waals surface area (Å²) in [6.45, 7) is 1.23. The van der Waals surface area contributed by atoms with Crippen LogP contribution >= 0.6 is 11.6 Å². The van der Waals surface area contributed by atoms with Gasteiger partial charge in [0.1, 0.15) is 11.5 Å². The standard InChI is InChI=1S/C11H14ClN3O2/c1-13-9-3-2-8(12)10(15-9)11(16)14-7-4-5-17-6-7/h2-3,7H,4-6H2,1H3,(H,13,15)(H,14,16). The van der Waals surface area contributed by atoms with E-state index in [2.05, 4.69) is 15.6 Å². The van der Waals surface area contributed by atoms with E-state index in [-0.39, 0.29) is 17.6 Å². The number of carbonyl (C=O) groups excluding carboxylic acids is 1. The van der Waals surface area contributed by atoms with Gasteiger partial charge >= 0.3 is 0 Å². The van der Waals surface area contributed by atoms with Crippen molar-refractivity contribution in [3.05, 3.63) is 22.8 Å². The largest absolute Gasteiger partial charge is 0.379 e. The Bertz CT molecular complexity index is 419. The maximum absolute atomic E-state index is 11.9. The van der Waals surface area contributed by atoms with Gasteiger partial charge in [0, 0.05) is 13.7 Å². The molecule has 1 amide bonds. The minimum atomic E-state index is -0.261. The lowest BCUT2D eigenvalue weighted by Crippen LogP contribution is -2.35. The lowest BCUT2D eigenvalue weighted by Gasteiger charge is -2.11. The Morgan fingerprint density at radius 3 is 3.06 bits per heavy atom. The second-order valence-corrected chi connectivity index (χ2v) is 4.22. The molecule has 2 N–H and O–H groups in total. The summed E-state index contributed by atoms with van der Waals surface area (Å²) in [5.41, 5.74) is 0.241. The molecule has 0 aromatic carbocycles. The Balaban J connectivity index is 2.11. The van der Waals surface area contributed by atoms with E-state index in [0.717, 1.165) is 6.42 Å². The number of halogens is 1. The van der Waals surface area contributed by atoms with Crippen molar-refractivity contribution in [2.24, 2.45) is 0 Å². The molecule has 2 rings (SSSR count). The van der Waals surface area contributed by atoms with Gasteiger partial charge in [0.2, 0.25) is 0 Å². The molecular weight excluding hydrogens is 242 g/mol. The fourth-order valence-electron chi connectivity index (χ4n) is 1.64. The van der Waals surface area contributed by atoms with Crippen LogP contribution < -0.4 is 10.6 Å². The van der Waals surface area contributed by atoms with Gasteiger partial charge < -0.3 is 15.4 Å². The van der Waals surface area contributed by atoms with Crippen LogP contribution in [-0.4, -0.2) is 37.2 Å². The van der Waals surface area contributed by atoms with Crippen LogP contribution in [0.15, 0.2) is 12.1 Å². The highest BCUT2D eigenvalue weighted by Crippen LogP contribution is 2.17. The van der Waals surface area contributed by atoms with E-state index >= 15 is 0 Å². The molecule has 1 aromatic heterocycles. The predicted molar refractivity (Wildman–Crippen MR) is 65.5 cm³/mol. The molecule has 1 saturated heterocycles. The Morgan fingerprint density at radius 1 is 1.59 bits per heavy atom. The second-order valence-electron chi connectivity index (χ2n) is 3.81. The molecule has 1 aliphatic rings. The number of hydrogen-bond acceptors (Lipinski definition) is 4. The highest BCUT2D eigenvalue weighted by molar-refractivity contribution is 6.33. The third kappa shape index (κ3) is 2.87. The second kappa shape index (κ2) is 5.33. The van der Waals surface area contributed by atoms with Gasteiger partial charge in [-0.15, -0.1) is 0 Å². The Labute approximate surface area is 105 Å². The molecule has 0 saturated carbocycles. The number of amides is 1. The predicted octanol–water partition coefficient (Wildman–Crippen LogP) is 1.30. The van der Waals surface area contributed by atoms with Crippen molar-refractivity contribution < 1.29 is 9.53 Å². The Morgan fingerprint density at radius 2 is 2.41 bits per heavy atom. The number of nitrogens with zero attached hydrogens (tertiary/aromatic N) is 1. The van der Waals surface area contributed by atoms with E-state index in [1.807, 2.05) is 0 Å². The maximum Gasteiger partial charge on any atom is 0.271 e. The zero-order valence-electron chi connectivity index (χ0n) is 9.50. The van der Waals surface area contributed by atoms with Crippen LogP contribution in [0.1, 0.15) is 16.9 Å². The van der Waals surface area contributed by atoms with E-state index in [1.165, 1.54) is 0 Å². The molecule has 0 radical (unpaired) electrons. The highest BCUT2D eigenvalue weighted by atomic mass is 35.5. The number of pyridine rings is 1. The number of aromatic nitrogens is 1. The summed E-state index contributed by atoms with van der Waals surface area (Å²) in [6.07, 6.45) is 0.828. The SMILES string of the molecule is CNc1ccc(Cl)c(C(=O)NC2CCOC2)n1. The molecule has 1 aliphatic heterocycles. The molecule has 0 spiro atoms. The van der Waals surface area contributed by atoms with Gasteiger partial charge in [0.05, 0.1) is 17.7 Å². The first kappa shape index (κ1) is 12.1. The topological polar surface area (TPSA) is 63.2 Å². The van der Waals surface area contributed by atoms with E-state index < -0.39 is 0 Å². The van der Waals surface area contributed by atoms with Crippen molar-refractivity contribution in [2.75, 3.05) is 25.6 Å². The molecule has 6 heteroatoms. The van der Waals surface area contributed by atoms with Crippen molar-refractivity contribution in [2.45, 2.75) is 12.5 Å². The first-order valence-corrected chi connectivity index (χ1v) is 5.81. The number of nitrogens with one attached hydrogen (secondary N) is 2. The van der Waals surface area contributed by atoms with Gasteiger partial charge in [0.25, 0.3) is 5.91 Å². The van der Waals surface area contributed by atoms with Gasteiger partial charge in [-0.1, -0.05) is 11.6 Å². The first-order chi connectivity index (χ1) is 8.20. The molecule has 92 valence electrons. The fraction of sp³-hybridized carbons (Fsp3) is 0.455. The van der Waals surface area contributed by atoms with E-state index in [4.69, 9.17) is 16.3 Å². The quantitative estimate of drug-likeness (QED) is 0.855. The van der Waals surface area contributed by atoms with Crippen LogP contribution in [0.25, 0.3) is 0 Å². The molecule has 17 heavy (non-hydrogen) atoms. The van der Waals surface area contributed by atoms with Gasteiger partial charge in [-0.05, 0) is 18.6 Å². The van der Waals surface area contributed by atoms with Crippen LogP contribution in [0.2, 0.25) is 5.02 Å². The number of rotatable bonds is 3. The third-order valence-electron chi connectivity index (χ3n) is 2.58. The Hall–Kier alpha value is -1.33. The maximum atomic E-state index is 11.9. The van der Waals surface area contributed by atoms with Crippen molar-refractivity contribution in [3.8, 4) is 0 Å². The molecule has 1 fully saturated rings. The normalized spacial score (nSPS) is 19.1. The van der Waals surface area contributed by atoms with Gasteiger partial charge in [-0.2, -0.15) is 0 Å². The summed E-state index contributed by atoms with van der Waals surface area (Å²) in [7, 11) is 1.74. The summed E-state index contributed by atoms with van der Waals surface area (Å²) in [5, 5.41) is 6.06. The lowest BCUT2D eigenvalue weighted by atomic mass is 10.2. The molecule has 1 aromatic rings. The smallest absolute Gasteiger partial charge is 0.271 e. The number of hydrogen-bond donors (Lipinski definition) is 2. The van der Waals surface area contributed by atoms with Crippen molar-refractivity contribution in [1.82, 2.24) is 10.3 Å².